The maximum atomic E-state index is 5.89. The van der Waals surface area contributed by atoms with E-state index in [4.69, 9.17) is 9.47 Å². The summed E-state index contributed by atoms with van der Waals surface area (Å²) in [5.41, 5.74) is 4.68. The molecule has 0 aliphatic rings. The Hall–Kier alpha value is -3.32. The molecule has 0 saturated heterocycles. The average Bonchev–Trinajstić information content (AvgIpc) is 3.19. The van der Waals surface area contributed by atoms with Gasteiger partial charge in [-0.25, -0.2) is 4.98 Å². The zero-order valence-electron chi connectivity index (χ0n) is 19.4. The lowest BCUT2D eigenvalue weighted by molar-refractivity contribution is 0.145. The first-order valence-corrected chi connectivity index (χ1v) is 10.8. The first kappa shape index (κ1) is 23.3. The summed E-state index contributed by atoms with van der Waals surface area (Å²) in [5.74, 6) is 2.62. The van der Waals surface area contributed by atoms with Crippen LogP contribution in [0.3, 0.4) is 0 Å². The van der Waals surface area contributed by atoms with Gasteiger partial charge < -0.3 is 24.7 Å². The minimum atomic E-state index is 0.523. The van der Waals surface area contributed by atoms with Crippen molar-refractivity contribution in [1.82, 2.24) is 20.2 Å². The average molecular weight is 436 g/mol. The molecule has 0 fully saturated rings. The molecule has 0 unspecified atom stereocenters. The van der Waals surface area contributed by atoms with Crippen molar-refractivity contribution in [2.45, 2.75) is 33.5 Å². The number of nitrogens with one attached hydrogen (secondary N) is 2. The van der Waals surface area contributed by atoms with Crippen LogP contribution in [-0.2, 0) is 24.4 Å². The largest absolute Gasteiger partial charge is 0.491 e. The van der Waals surface area contributed by atoms with Crippen molar-refractivity contribution in [3.63, 3.8) is 0 Å². The summed E-state index contributed by atoms with van der Waals surface area (Å²) < 4.78 is 13.1. The zero-order valence-corrected chi connectivity index (χ0v) is 19.4. The minimum Gasteiger partial charge on any atom is -0.491 e. The van der Waals surface area contributed by atoms with Gasteiger partial charge in [-0.2, -0.15) is 0 Å². The number of nitrogens with zero attached hydrogens (tertiary/aromatic N) is 3. The molecule has 0 atom stereocenters. The molecule has 1 heterocycles. The Morgan fingerprint density at radius 3 is 2.59 bits per heavy atom. The number of aromatic nitrogens is 2. The second kappa shape index (κ2) is 11.9. The van der Waals surface area contributed by atoms with Gasteiger partial charge in [0.05, 0.1) is 6.61 Å². The van der Waals surface area contributed by atoms with Gasteiger partial charge in [-0.05, 0) is 36.6 Å². The molecule has 170 valence electrons. The van der Waals surface area contributed by atoms with Gasteiger partial charge in [0, 0.05) is 51.7 Å². The first-order chi connectivity index (χ1) is 15.6. The van der Waals surface area contributed by atoms with Crippen LogP contribution in [-0.4, -0.2) is 42.9 Å². The van der Waals surface area contributed by atoms with Gasteiger partial charge in [0.25, 0.3) is 0 Å². The molecule has 0 saturated carbocycles. The van der Waals surface area contributed by atoms with E-state index < -0.39 is 0 Å². The summed E-state index contributed by atoms with van der Waals surface area (Å²) in [4.78, 5) is 8.65. The topological polar surface area (TPSA) is 72.7 Å². The number of guanidine groups is 1. The maximum absolute atomic E-state index is 5.89. The van der Waals surface area contributed by atoms with Gasteiger partial charge in [-0.15, -0.1) is 0 Å². The number of methoxy groups -OCH3 is 1. The Bertz CT molecular complexity index is 1030. The van der Waals surface area contributed by atoms with Crippen LogP contribution in [0.5, 0.6) is 5.75 Å². The second-order valence-corrected chi connectivity index (χ2v) is 7.65. The van der Waals surface area contributed by atoms with Gasteiger partial charge in [-0.3, -0.25) is 4.99 Å². The van der Waals surface area contributed by atoms with E-state index in [1.165, 1.54) is 11.1 Å². The molecule has 3 aromatic rings. The monoisotopic (exact) mass is 435 g/mol. The molecule has 2 aromatic carbocycles. The summed E-state index contributed by atoms with van der Waals surface area (Å²) in [7, 11) is 3.45. The number of imidazole rings is 1. The van der Waals surface area contributed by atoms with Crippen molar-refractivity contribution in [3.8, 4) is 5.75 Å². The van der Waals surface area contributed by atoms with E-state index in [0.29, 0.717) is 26.3 Å². The van der Waals surface area contributed by atoms with E-state index in [-0.39, 0.29) is 0 Å². The van der Waals surface area contributed by atoms with Gasteiger partial charge in [0.15, 0.2) is 5.96 Å². The normalized spacial score (nSPS) is 11.4. The lowest BCUT2D eigenvalue weighted by Gasteiger charge is -2.16. The highest BCUT2D eigenvalue weighted by Gasteiger charge is 2.07. The summed E-state index contributed by atoms with van der Waals surface area (Å²) in [5, 5.41) is 6.78. The Kier molecular flexibility index (Phi) is 8.69. The van der Waals surface area contributed by atoms with Crippen LogP contribution >= 0.6 is 0 Å². The number of hydrogen-bond donors (Lipinski definition) is 2. The smallest absolute Gasteiger partial charge is 0.191 e. The van der Waals surface area contributed by atoms with E-state index in [0.717, 1.165) is 35.2 Å². The predicted octanol–water partition coefficient (Wildman–Crippen LogP) is 3.44. The molecule has 0 spiro atoms. The predicted molar refractivity (Wildman–Crippen MR) is 128 cm³/mol. The van der Waals surface area contributed by atoms with Gasteiger partial charge in [-0.1, -0.05) is 36.4 Å². The van der Waals surface area contributed by atoms with Crippen LogP contribution in [0.1, 0.15) is 28.1 Å². The van der Waals surface area contributed by atoms with Crippen LogP contribution in [0.25, 0.3) is 0 Å². The quantitative estimate of drug-likeness (QED) is 0.290. The lowest BCUT2D eigenvalue weighted by atomic mass is 10.1. The Morgan fingerprint density at radius 2 is 1.84 bits per heavy atom. The Balaban J connectivity index is 1.56. The molecular weight excluding hydrogens is 402 g/mol. The molecule has 1 aromatic heterocycles. The number of ether oxygens (including phenoxy) is 2. The van der Waals surface area contributed by atoms with Crippen molar-refractivity contribution in [3.05, 3.63) is 82.9 Å². The van der Waals surface area contributed by atoms with Crippen molar-refractivity contribution >= 4 is 5.96 Å². The molecule has 2 N–H and O–H groups in total. The van der Waals surface area contributed by atoms with Crippen LogP contribution in [0, 0.1) is 13.8 Å². The van der Waals surface area contributed by atoms with Crippen molar-refractivity contribution in [1.29, 1.82) is 0 Å². The fourth-order valence-electron chi connectivity index (χ4n) is 3.37. The van der Waals surface area contributed by atoms with Crippen LogP contribution < -0.4 is 15.4 Å². The third-order valence-electron chi connectivity index (χ3n) is 5.17. The Morgan fingerprint density at radius 1 is 1.03 bits per heavy atom. The molecule has 0 radical (unpaired) electrons. The fraction of sp³-hybridized carbons (Fsp3) is 0.360. The van der Waals surface area contributed by atoms with Gasteiger partial charge in [0.2, 0.25) is 0 Å². The molecule has 32 heavy (non-hydrogen) atoms. The van der Waals surface area contributed by atoms with Crippen LogP contribution in [0.15, 0.2) is 59.9 Å². The molecule has 7 nitrogen and oxygen atoms in total. The molecule has 0 aliphatic heterocycles. The number of benzene rings is 2. The van der Waals surface area contributed by atoms with E-state index in [1.54, 1.807) is 14.2 Å². The lowest BCUT2D eigenvalue weighted by Crippen LogP contribution is -2.36. The minimum absolute atomic E-state index is 0.523. The molecular formula is C25H33N5O2. The highest BCUT2D eigenvalue weighted by atomic mass is 16.5. The zero-order chi connectivity index (χ0) is 22.8. The second-order valence-electron chi connectivity index (χ2n) is 7.65. The molecule has 3 rings (SSSR count). The SMILES string of the molecule is CN=C(NCc1cccc(Cn2ccnc2C)c1)NCc1ccc(C)cc1OCCOC. The molecule has 0 amide bonds. The number of rotatable bonds is 10. The van der Waals surface area contributed by atoms with Gasteiger partial charge in [0.1, 0.15) is 18.2 Å². The number of hydrogen-bond acceptors (Lipinski definition) is 4. The summed E-state index contributed by atoms with van der Waals surface area (Å²) in [6, 6.07) is 14.8. The standard InChI is InChI=1S/C25H33N5O2/c1-19-8-9-23(24(14-19)32-13-12-31-4)17-29-25(26-3)28-16-21-6-5-7-22(15-21)18-30-11-10-27-20(30)2/h5-11,14-15H,12-13,16-18H2,1-4H3,(H2,26,28,29). The number of aryl methyl sites for hydroxylation is 2. The maximum Gasteiger partial charge on any atom is 0.191 e. The number of aliphatic imine (C=N–C) groups is 1. The van der Waals surface area contributed by atoms with Gasteiger partial charge >= 0.3 is 0 Å². The van der Waals surface area contributed by atoms with E-state index in [9.17, 15) is 0 Å². The van der Waals surface area contributed by atoms with E-state index in [1.807, 2.05) is 19.3 Å². The van der Waals surface area contributed by atoms with Crippen molar-refractivity contribution in [2.24, 2.45) is 4.99 Å². The van der Waals surface area contributed by atoms with E-state index >= 15 is 0 Å². The highest BCUT2D eigenvalue weighted by molar-refractivity contribution is 5.79. The third-order valence-corrected chi connectivity index (χ3v) is 5.17. The Labute approximate surface area is 190 Å². The fourth-order valence-corrected chi connectivity index (χ4v) is 3.37. The van der Waals surface area contributed by atoms with E-state index in [2.05, 4.69) is 74.6 Å². The third kappa shape index (κ3) is 6.85. The highest BCUT2D eigenvalue weighted by Crippen LogP contribution is 2.20. The molecule has 0 aliphatic carbocycles. The van der Waals surface area contributed by atoms with Crippen LogP contribution in [0.4, 0.5) is 0 Å². The summed E-state index contributed by atoms with van der Waals surface area (Å²) >= 11 is 0. The molecule has 0 bridgehead atoms. The molecule has 7 heteroatoms. The van der Waals surface area contributed by atoms with Crippen molar-refractivity contribution in [2.75, 3.05) is 27.4 Å². The van der Waals surface area contributed by atoms with Crippen LogP contribution in [0.2, 0.25) is 0 Å². The first-order valence-electron chi connectivity index (χ1n) is 10.8. The summed E-state index contributed by atoms with van der Waals surface area (Å²) in [6.07, 6.45) is 3.84. The van der Waals surface area contributed by atoms with Crippen molar-refractivity contribution < 1.29 is 9.47 Å². The summed E-state index contributed by atoms with van der Waals surface area (Å²) in [6.45, 7) is 7.26.